The number of carboxylic acids is 1. The van der Waals surface area contributed by atoms with Gasteiger partial charge in [0.1, 0.15) is 17.3 Å². The molecule has 0 radical (unpaired) electrons. The van der Waals surface area contributed by atoms with Gasteiger partial charge >= 0.3 is 5.97 Å². The number of nitrogens with zero attached hydrogens (tertiary/aromatic N) is 1. The van der Waals surface area contributed by atoms with Gasteiger partial charge < -0.3 is 18.7 Å². The van der Waals surface area contributed by atoms with Crippen LogP contribution < -0.4 is 9.64 Å². The fraction of sp³-hybridized carbons (Fsp3) is 0.0370. The topological polar surface area (TPSA) is 93.1 Å². The van der Waals surface area contributed by atoms with Crippen LogP contribution in [0.25, 0.3) is 23.0 Å². The number of aromatic carboxylic acids is 1. The van der Waals surface area contributed by atoms with Crippen LogP contribution in [0.4, 0.5) is 5.69 Å². The Morgan fingerprint density at radius 3 is 2.68 bits per heavy atom. The molecule has 0 saturated heterocycles. The predicted molar refractivity (Wildman–Crippen MR) is 126 cm³/mol. The van der Waals surface area contributed by atoms with Gasteiger partial charge in [0.25, 0.3) is 5.91 Å². The molecule has 2 aromatic carbocycles. The summed E-state index contributed by atoms with van der Waals surface area (Å²) in [7, 11) is 1.60. The number of carboxylic acid groups (broad SMARTS) is 1. The van der Waals surface area contributed by atoms with Gasteiger partial charge in [-0.15, -0.1) is 0 Å². The van der Waals surface area contributed by atoms with Crippen LogP contribution in [-0.2, 0) is 4.79 Å². The zero-order valence-corrected chi connectivity index (χ0v) is 18.1. The molecule has 5 rings (SSSR count). The van der Waals surface area contributed by atoms with Crippen LogP contribution >= 0.6 is 0 Å². The molecule has 0 bridgehead atoms. The first-order chi connectivity index (χ1) is 16.5. The van der Waals surface area contributed by atoms with Crippen LogP contribution in [0.2, 0.25) is 0 Å². The van der Waals surface area contributed by atoms with E-state index >= 15 is 0 Å². The number of methoxy groups -OCH3 is 1. The number of hydrogen-bond donors (Lipinski definition) is 1. The molecular weight excluding hydrogens is 434 g/mol. The summed E-state index contributed by atoms with van der Waals surface area (Å²) in [6, 6.07) is 19.1. The summed E-state index contributed by atoms with van der Waals surface area (Å²) in [5.74, 6) is 0.391. The van der Waals surface area contributed by atoms with Gasteiger partial charge in [-0.2, -0.15) is 0 Å². The SMILES string of the molecule is COc1ccccc1-c1ccc(/C=C2\C(=O)N(c3cccc(C(=O)O)c3)C=C2c2ccoc2)o1. The lowest BCUT2D eigenvalue weighted by molar-refractivity contribution is -0.113. The number of anilines is 1. The molecule has 4 aromatic rings. The normalized spacial score (nSPS) is 14.5. The van der Waals surface area contributed by atoms with Gasteiger partial charge in [0.2, 0.25) is 0 Å². The molecule has 168 valence electrons. The summed E-state index contributed by atoms with van der Waals surface area (Å²) in [5.41, 5.74) is 3.08. The molecule has 0 unspecified atom stereocenters. The summed E-state index contributed by atoms with van der Waals surface area (Å²) >= 11 is 0. The number of ether oxygens (including phenoxy) is 1. The van der Waals surface area contributed by atoms with Crippen LogP contribution in [0.15, 0.2) is 99.9 Å². The van der Waals surface area contributed by atoms with Gasteiger partial charge in [-0.3, -0.25) is 9.69 Å². The summed E-state index contributed by atoms with van der Waals surface area (Å²) in [4.78, 5) is 26.3. The van der Waals surface area contributed by atoms with E-state index < -0.39 is 5.97 Å². The van der Waals surface area contributed by atoms with E-state index in [0.29, 0.717) is 39.7 Å². The van der Waals surface area contributed by atoms with Gasteiger partial charge in [0.15, 0.2) is 0 Å². The molecule has 7 heteroatoms. The standard InChI is InChI=1S/C27H19NO6/c1-32-24-8-3-2-7-21(24)25-10-9-20(34-25)14-22-23(18-11-12-33-16-18)15-28(26(22)29)19-6-4-5-17(13-19)27(30)31/h2-16H,1H3,(H,30,31)/b22-14-. The molecule has 0 aliphatic carbocycles. The average molecular weight is 453 g/mol. The first-order valence-electron chi connectivity index (χ1n) is 10.4. The van der Waals surface area contributed by atoms with E-state index in [4.69, 9.17) is 13.6 Å². The number of hydrogen-bond acceptors (Lipinski definition) is 5. The van der Waals surface area contributed by atoms with Crippen molar-refractivity contribution in [3.8, 4) is 17.1 Å². The van der Waals surface area contributed by atoms with Gasteiger partial charge in [0, 0.05) is 23.0 Å². The number of carbonyl (C=O) groups is 2. The van der Waals surface area contributed by atoms with Crippen molar-refractivity contribution >= 4 is 29.2 Å². The molecular formula is C27H19NO6. The molecule has 1 N–H and O–H groups in total. The predicted octanol–water partition coefficient (Wildman–Crippen LogP) is 5.72. The summed E-state index contributed by atoms with van der Waals surface area (Å²) in [5, 5.41) is 9.34. The first kappa shape index (κ1) is 21.1. The Morgan fingerprint density at radius 1 is 1.06 bits per heavy atom. The molecule has 0 atom stereocenters. The van der Waals surface area contributed by atoms with E-state index in [1.165, 1.54) is 23.3 Å². The maximum Gasteiger partial charge on any atom is 0.335 e. The Balaban J connectivity index is 1.55. The van der Waals surface area contributed by atoms with Crippen LogP contribution in [0, 0.1) is 0 Å². The maximum absolute atomic E-state index is 13.4. The number of carbonyl (C=O) groups excluding carboxylic acids is 1. The average Bonchev–Trinajstić information content (AvgIpc) is 3.61. The van der Waals surface area contributed by atoms with Crippen LogP contribution in [0.3, 0.4) is 0 Å². The molecule has 0 saturated carbocycles. The number of amides is 1. The Kier molecular flexibility index (Phi) is 5.35. The lowest BCUT2D eigenvalue weighted by Crippen LogP contribution is -2.21. The summed E-state index contributed by atoms with van der Waals surface area (Å²) < 4.78 is 16.7. The van der Waals surface area contributed by atoms with Gasteiger partial charge in [-0.1, -0.05) is 18.2 Å². The van der Waals surface area contributed by atoms with Crippen molar-refractivity contribution in [1.82, 2.24) is 0 Å². The fourth-order valence-electron chi connectivity index (χ4n) is 3.84. The lowest BCUT2D eigenvalue weighted by Gasteiger charge is -2.14. The Hall–Kier alpha value is -4.78. The second-order valence-corrected chi connectivity index (χ2v) is 7.55. The van der Waals surface area contributed by atoms with Gasteiger partial charge in [0.05, 0.1) is 36.3 Å². The van der Waals surface area contributed by atoms with E-state index in [1.807, 2.05) is 30.3 Å². The van der Waals surface area contributed by atoms with E-state index in [9.17, 15) is 14.7 Å². The number of benzene rings is 2. The lowest BCUT2D eigenvalue weighted by atomic mass is 10.0. The fourth-order valence-corrected chi connectivity index (χ4v) is 3.84. The second kappa shape index (κ2) is 8.63. The Bertz CT molecular complexity index is 1440. The molecule has 3 heterocycles. The monoisotopic (exact) mass is 453 g/mol. The van der Waals surface area contributed by atoms with Crippen molar-refractivity contribution in [3.05, 3.63) is 108 Å². The second-order valence-electron chi connectivity index (χ2n) is 7.55. The third-order valence-electron chi connectivity index (χ3n) is 5.49. The summed E-state index contributed by atoms with van der Waals surface area (Å²) in [6.45, 7) is 0. The highest BCUT2D eigenvalue weighted by molar-refractivity contribution is 6.24. The minimum Gasteiger partial charge on any atom is -0.496 e. The molecule has 0 spiro atoms. The molecule has 34 heavy (non-hydrogen) atoms. The zero-order valence-electron chi connectivity index (χ0n) is 18.1. The van der Waals surface area contributed by atoms with Crippen molar-refractivity contribution in [2.45, 2.75) is 0 Å². The highest BCUT2D eigenvalue weighted by Crippen LogP contribution is 2.37. The first-order valence-corrected chi connectivity index (χ1v) is 10.4. The number of para-hydroxylation sites is 1. The molecule has 1 aliphatic heterocycles. The molecule has 7 nitrogen and oxygen atoms in total. The van der Waals surface area contributed by atoms with E-state index in [2.05, 4.69) is 0 Å². The van der Waals surface area contributed by atoms with E-state index in [-0.39, 0.29) is 11.5 Å². The Morgan fingerprint density at radius 2 is 1.91 bits per heavy atom. The smallest absolute Gasteiger partial charge is 0.335 e. The largest absolute Gasteiger partial charge is 0.496 e. The van der Waals surface area contributed by atoms with Crippen molar-refractivity contribution in [1.29, 1.82) is 0 Å². The highest BCUT2D eigenvalue weighted by atomic mass is 16.5. The maximum atomic E-state index is 13.4. The molecule has 1 amide bonds. The summed E-state index contributed by atoms with van der Waals surface area (Å²) in [6.07, 6.45) is 6.41. The van der Waals surface area contributed by atoms with Crippen molar-refractivity contribution < 1.29 is 28.3 Å². The van der Waals surface area contributed by atoms with Crippen LogP contribution in [0.1, 0.15) is 21.7 Å². The third-order valence-corrected chi connectivity index (χ3v) is 5.49. The number of rotatable bonds is 6. The van der Waals surface area contributed by atoms with Crippen LogP contribution in [0.5, 0.6) is 5.75 Å². The van der Waals surface area contributed by atoms with E-state index in [0.717, 1.165) is 5.56 Å². The number of furan rings is 2. The van der Waals surface area contributed by atoms with Gasteiger partial charge in [-0.25, -0.2) is 4.79 Å². The van der Waals surface area contributed by atoms with Crippen molar-refractivity contribution in [2.75, 3.05) is 12.0 Å². The van der Waals surface area contributed by atoms with Crippen LogP contribution in [-0.4, -0.2) is 24.1 Å². The Labute approximate surface area is 194 Å². The minimum atomic E-state index is -1.07. The minimum absolute atomic E-state index is 0.0912. The van der Waals surface area contributed by atoms with Gasteiger partial charge in [-0.05, 0) is 54.6 Å². The van der Waals surface area contributed by atoms with Crippen molar-refractivity contribution in [3.63, 3.8) is 0 Å². The van der Waals surface area contributed by atoms with E-state index in [1.54, 1.807) is 49.9 Å². The molecule has 2 aromatic heterocycles. The quantitative estimate of drug-likeness (QED) is 0.376. The molecule has 0 fully saturated rings. The zero-order chi connectivity index (χ0) is 23.7. The highest BCUT2D eigenvalue weighted by Gasteiger charge is 2.31. The molecule has 1 aliphatic rings. The third kappa shape index (κ3) is 3.80. The van der Waals surface area contributed by atoms with Crippen molar-refractivity contribution in [2.24, 2.45) is 0 Å².